The van der Waals surface area contributed by atoms with Crippen LogP contribution in [-0.2, 0) is 4.74 Å². The molecule has 126 valence electrons. The van der Waals surface area contributed by atoms with E-state index in [9.17, 15) is 4.79 Å². The van der Waals surface area contributed by atoms with Crippen molar-refractivity contribution in [1.29, 1.82) is 0 Å². The molecule has 6 heteroatoms. The number of likely N-dealkylation sites (tertiary alicyclic amines) is 1. The molecular formula is C17H25N3O2S. The second-order valence-electron chi connectivity index (χ2n) is 6.86. The topological polar surface area (TPSA) is 67.6 Å². The Balaban J connectivity index is 1.94. The second kappa shape index (κ2) is 7.17. The van der Waals surface area contributed by atoms with E-state index in [-0.39, 0.29) is 11.2 Å². The van der Waals surface area contributed by atoms with Crippen molar-refractivity contribution in [2.24, 2.45) is 5.73 Å². The molecule has 1 amide bonds. The van der Waals surface area contributed by atoms with Crippen molar-refractivity contribution in [2.75, 3.05) is 18.4 Å². The fourth-order valence-electron chi connectivity index (χ4n) is 2.73. The Kier molecular flexibility index (Phi) is 5.46. The molecule has 0 aliphatic carbocycles. The van der Waals surface area contributed by atoms with Crippen LogP contribution in [0.2, 0.25) is 0 Å². The highest BCUT2D eigenvalue weighted by Crippen LogP contribution is 2.30. The summed E-state index contributed by atoms with van der Waals surface area (Å²) in [5.74, 6) is 0.432. The molecule has 23 heavy (non-hydrogen) atoms. The molecule has 0 spiro atoms. The number of rotatable bonds is 2. The predicted octanol–water partition coefficient (Wildman–Crippen LogP) is 3.46. The van der Waals surface area contributed by atoms with E-state index >= 15 is 0 Å². The van der Waals surface area contributed by atoms with Crippen LogP contribution >= 0.6 is 12.2 Å². The van der Waals surface area contributed by atoms with Gasteiger partial charge in [0.2, 0.25) is 0 Å². The zero-order valence-corrected chi connectivity index (χ0v) is 14.8. The van der Waals surface area contributed by atoms with E-state index in [1.807, 2.05) is 32.9 Å². The van der Waals surface area contributed by atoms with Crippen molar-refractivity contribution in [3.05, 3.63) is 29.8 Å². The summed E-state index contributed by atoms with van der Waals surface area (Å²) in [6, 6.07) is 8.13. The lowest BCUT2D eigenvalue weighted by atomic mass is 9.89. The molecular weight excluding hydrogens is 310 g/mol. The third-order valence-corrected chi connectivity index (χ3v) is 3.87. The number of benzene rings is 1. The van der Waals surface area contributed by atoms with Crippen molar-refractivity contribution in [2.45, 2.75) is 45.1 Å². The highest BCUT2D eigenvalue weighted by atomic mass is 32.1. The van der Waals surface area contributed by atoms with Gasteiger partial charge in [-0.05, 0) is 69.4 Å². The Morgan fingerprint density at radius 2 is 2.00 bits per heavy atom. The van der Waals surface area contributed by atoms with Crippen LogP contribution in [0, 0.1) is 0 Å². The number of carbonyl (C=O) groups is 1. The molecule has 1 fully saturated rings. The monoisotopic (exact) mass is 335 g/mol. The lowest BCUT2D eigenvalue weighted by molar-refractivity contribution is 0.0205. The van der Waals surface area contributed by atoms with Crippen LogP contribution in [0.3, 0.4) is 0 Å². The highest BCUT2D eigenvalue weighted by Gasteiger charge is 2.27. The number of ether oxygens (including phenoxy) is 1. The fraction of sp³-hybridized carbons (Fsp3) is 0.529. The maximum absolute atomic E-state index is 12.1. The molecule has 1 aliphatic heterocycles. The molecule has 0 aromatic heterocycles. The van der Waals surface area contributed by atoms with Crippen LogP contribution in [0.1, 0.15) is 45.1 Å². The van der Waals surface area contributed by atoms with Crippen LogP contribution in [0.5, 0.6) is 0 Å². The number of nitrogens with two attached hydrogens (primary N) is 1. The first kappa shape index (κ1) is 17.5. The van der Waals surface area contributed by atoms with E-state index in [0.29, 0.717) is 19.0 Å². The van der Waals surface area contributed by atoms with Crippen molar-refractivity contribution >= 4 is 29.1 Å². The van der Waals surface area contributed by atoms with Gasteiger partial charge in [-0.2, -0.15) is 0 Å². The molecule has 5 nitrogen and oxygen atoms in total. The summed E-state index contributed by atoms with van der Waals surface area (Å²) in [6.45, 7) is 7.09. The van der Waals surface area contributed by atoms with Gasteiger partial charge in [-0.3, -0.25) is 0 Å². The molecule has 0 radical (unpaired) electrons. The third kappa shape index (κ3) is 5.39. The molecule has 0 atom stereocenters. The highest BCUT2D eigenvalue weighted by molar-refractivity contribution is 7.80. The predicted molar refractivity (Wildman–Crippen MR) is 96.6 cm³/mol. The first-order valence-corrected chi connectivity index (χ1v) is 8.30. The van der Waals surface area contributed by atoms with E-state index in [2.05, 4.69) is 17.4 Å². The van der Waals surface area contributed by atoms with Gasteiger partial charge in [0.25, 0.3) is 0 Å². The van der Waals surface area contributed by atoms with E-state index in [0.717, 1.165) is 18.5 Å². The van der Waals surface area contributed by atoms with Gasteiger partial charge in [0.05, 0.1) is 0 Å². The minimum absolute atomic E-state index is 0.222. The summed E-state index contributed by atoms with van der Waals surface area (Å²) >= 11 is 4.87. The smallest absolute Gasteiger partial charge is 0.410 e. The number of hydrogen-bond acceptors (Lipinski definition) is 3. The summed E-state index contributed by atoms with van der Waals surface area (Å²) in [5, 5.41) is 3.23. The minimum atomic E-state index is -0.450. The standard InChI is InChI=1S/C17H25N3O2S/c1-17(2,3)22-16(21)20-9-7-12(8-10-20)13-5-4-6-14(11-13)19-15(18)23/h4-6,11-12H,7-10H2,1-3H3,(H3,18,19,23). The lowest BCUT2D eigenvalue weighted by Crippen LogP contribution is -2.41. The molecule has 3 N–H and O–H groups in total. The van der Waals surface area contributed by atoms with Gasteiger partial charge < -0.3 is 20.7 Å². The van der Waals surface area contributed by atoms with Gasteiger partial charge in [-0.15, -0.1) is 0 Å². The zero-order chi connectivity index (χ0) is 17.0. The number of nitrogens with one attached hydrogen (secondary N) is 1. The Morgan fingerprint density at radius 3 is 2.57 bits per heavy atom. The minimum Gasteiger partial charge on any atom is -0.444 e. The summed E-state index contributed by atoms with van der Waals surface area (Å²) in [6.07, 6.45) is 1.63. The first-order valence-electron chi connectivity index (χ1n) is 7.89. The summed E-state index contributed by atoms with van der Waals surface area (Å²) in [5.41, 5.74) is 7.22. The van der Waals surface area contributed by atoms with E-state index in [4.69, 9.17) is 22.7 Å². The van der Waals surface area contributed by atoms with E-state index in [1.54, 1.807) is 4.90 Å². The van der Waals surface area contributed by atoms with Gasteiger partial charge in [0, 0.05) is 18.8 Å². The van der Waals surface area contributed by atoms with Crippen LogP contribution < -0.4 is 11.1 Å². The lowest BCUT2D eigenvalue weighted by Gasteiger charge is -2.33. The molecule has 2 rings (SSSR count). The fourth-order valence-corrected chi connectivity index (χ4v) is 2.85. The Labute approximate surface area is 143 Å². The first-order chi connectivity index (χ1) is 10.7. The third-order valence-electron chi connectivity index (χ3n) is 3.77. The largest absolute Gasteiger partial charge is 0.444 e. The van der Waals surface area contributed by atoms with Gasteiger partial charge in [-0.25, -0.2) is 4.79 Å². The Hall–Kier alpha value is -1.82. The van der Waals surface area contributed by atoms with Crippen LogP contribution in [-0.4, -0.2) is 34.8 Å². The van der Waals surface area contributed by atoms with Crippen molar-refractivity contribution in [3.63, 3.8) is 0 Å². The number of carbonyl (C=O) groups excluding carboxylic acids is 1. The molecule has 1 aliphatic rings. The van der Waals surface area contributed by atoms with Crippen LogP contribution in [0.15, 0.2) is 24.3 Å². The van der Waals surface area contributed by atoms with Crippen molar-refractivity contribution < 1.29 is 9.53 Å². The zero-order valence-electron chi connectivity index (χ0n) is 14.0. The normalized spacial score (nSPS) is 16.0. The molecule has 0 bridgehead atoms. The quantitative estimate of drug-likeness (QED) is 0.810. The molecule has 0 unspecified atom stereocenters. The van der Waals surface area contributed by atoms with E-state index in [1.165, 1.54) is 5.56 Å². The average Bonchev–Trinajstić information content (AvgIpc) is 2.45. The average molecular weight is 335 g/mol. The van der Waals surface area contributed by atoms with Gasteiger partial charge in [0.15, 0.2) is 5.11 Å². The number of piperidine rings is 1. The Morgan fingerprint density at radius 1 is 1.35 bits per heavy atom. The van der Waals surface area contributed by atoms with E-state index < -0.39 is 5.60 Å². The molecule has 1 aromatic rings. The maximum atomic E-state index is 12.1. The molecule has 1 saturated heterocycles. The number of anilines is 1. The number of nitrogens with zero attached hydrogens (tertiary/aromatic N) is 1. The molecule has 0 saturated carbocycles. The van der Waals surface area contributed by atoms with Crippen LogP contribution in [0.25, 0.3) is 0 Å². The van der Waals surface area contributed by atoms with Gasteiger partial charge >= 0.3 is 6.09 Å². The van der Waals surface area contributed by atoms with Gasteiger partial charge in [-0.1, -0.05) is 12.1 Å². The molecule has 1 heterocycles. The molecule has 1 aromatic carbocycles. The van der Waals surface area contributed by atoms with Gasteiger partial charge in [0.1, 0.15) is 5.60 Å². The van der Waals surface area contributed by atoms with Crippen molar-refractivity contribution in [3.8, 4) is 0 Å². The summed E-state index contributed by atoms with van der Waals surface area (Å²) < 4.78 is 5.43. The number of hydrogen-bond donors (Lipinski definition) is 2. The maximum Gasteiger partial charge on any atom is 0.410 e. The number of amides is 1. The summed E-state index contributed by atoms with van der Waals surface area (Å²) in [4.78, 5) is 13.9. The van der Waals surface area contributed by atoms with Crippen molar-refractivity contribution in [1.82, 2.24) is 4.90 Å². The SMILES string of the molecule is CC(C)(C)OC(=O)N1CCC(c2cccc(NC(N)=S)c2)CC1. The Bertz CT molecular complexity index is 575. The summed E-state index contributed by atoms with van der Waals surface area (Å²) in [7, 11) is 0. The van der Waals surface area contributed by atoms with Crippen LogP contribution in [0.4, 0.5) is 10.5 Å². The number of thiocarbonyl (C=S) groups is 1. The second-order valence-corrected chi connectivity index (χ2v) is 7.30.